The Morgan fingerprint density at radius 3 is 2.91 bits per heavy atom. The number of carbonyl (C=O) groups excluding carboxylic acids is 1. The smallest absolute Gasteiger partial charge is 0.319 e. The number of halogens is 1. The number of hydrogen-bond donors (Lipinski definition) is 2. The molecule has 0 aliphatic heterocycles. The number of aryl methyl sites for hydroxylation is 1. The summed E-state index contributed by atoms with van der Waals surface area (Å²) in [4.78, 5) is 16.1. The van der Waals surface area contributed by atoms with Gasteiger partial charge in [-0.2, -0.15) is 0 Å². The van der Waals surface area contributed by atoms with Crippen molar-refractivity contribution in [3.63, 3.8) is 0 Å². The zero-order chi connectivity index (χ0) is 15.9. The molecule has 0 saturated carbocycles. The number of pyridine rings is 1. The number of rotatable bonds is 5. The summed E-state index contributed by atoms with van der Waals surface area (Å²) in [5.74, 6) is 0.545. The number of ether oxygens (including phenoxy) is 1. The SMILES string of the molecule is CCOc1ncccc1CNC(=O)Nc1ccc(C)c(Br)c1. The van der Waals surface area contributed by atoms with E-state index in [1.54, 1.807) is 6.20 Å². The molecule has 0 aliphatic carbocycles. The van der Waals surface area contributed by atoms with Gasteiger partial charge in [-0.3, -0.25) is 0 Å². The summed E-state index contributed by atoms with van der Waals surface area (Å²) in [5, 5.41) is 5.59. The van der Waals surface area contributed by atoms with E-state index in [4.69, 9.17) is 4.74 Å². The van der Waals surface area contributed by atoms with E-state index in [1.165, 1.54) is 0 Å². The fourth-order valence-electron chi connectivity index (χ4n) is 1.85. The van der Waals surface area contributed by atoms with E-state index >= 15 is 0 Å². The van der Waals surface area contributed by atoms with Gasteiger partial charge in [-0.1, -0.05) is 28.1 Å². The lowest BCUT2D eigenvalue weighted by Crippen LogP contribution is -2.28. The molecule has 0 fully saturated rings. The van der Waals surface area contributed by atoms with Gasteiger partial charge in [0, 0.05) is 28.5 Å². The van der Waals surface area contributed by atoms with Crippen molar-refractivity contribution >= 4 is 27.6 Å². The third-order valence-electron chi connectivity index (χ3n) is 3.00. The molecule has 1 aromatic heterocycles. The maximum Gasteiger partial charge on any atom is 0.319 e. The zero-order valence-corrected chi connectivity index (χ0v) is 14.1. The van der Waals surface area contributed by atoms with Crippen LogP contribution < -0.4 is 15.4 Å². The first-order chi connectivity index (χ1) is 10.6. The molecule has 0 unspecified atom stereocenters. The van der Waals surface area contributed by atoms with Crippen LogP contribution in [0.5, 0.6) is 5.88 Å². The second-order valence-electron chi connectivity index (χ2n) is 4.67. The molecular weight excluding hydrogens is 346 g/mol. The van der Waals surface area contributed by atoms with Gasteiger partial charge in [0.25, 0.3) is 0 Å². The number of carbonyl (C=O) groups is 1. The van der Waals surface area contributed by atoms with Gasteiger partial charge in [0.1, 0.15) is 0 Å². The molecule has 22 heavy (non-hydrogen) atoms. The molecule has 2 rings (SSSR count). The zero-order valence-electron chi connectivity index (χ0n) is 12.5. The second-order valence-corrected chi connectivity index (χ2v) is 5.53. The van der Waals surface area contributed by atoms with Crippen LogP contribution in [-0.4, -0.2) is 17.6 Å². The number of urea groups is 1. The Kier molecular flexibility index (Phi) is 5.77. The molecule has 6 heteroatoms. The summed E-state index contributed by atoms with van der Waals surface area (Å²) < 4.78 is 6.38. The normalized spacial score (nSPS) is 10.1. The first-order valence-corrected chi connectivity index (χ1v) is 7.77. The summed E-state index contributed by atoms with van der Waals surface area (Å²) in [5.41, 5.74) is 2.68. The van der Waals surface area contributed by atoms with Gasteiger partial charge in [-0.25, -0.2) is 9.78 Å². The Hall–Kier alpha value is -2.08. The van der Waals surface area contributed by atoms with Crippen molar-refractivity contribution in [1.82, 2.24) is 10.3 Å². The van der Waals surface area contributed by atoms with Crippen LogP contribution in [0.1, 0.15) is 18.1 Å². The van der Waals surface area contributed by atoms with Gasteiger partial charge in [0.05, 0.1) is 6.61 Å². The molecule has 0 aliphatic rings. The number of hydrogen-bond acceptors (Lipinski definition) is 3. The number of anilines is 1. The lowest BCUT2D eigenvalue weighted by atomic mass is 10.2. The molecule has 2 aromatic rings. The Bertz CT molecular complexity index is 662. The highest BCUT2D eigenvalue weighted by Gasteiger charge is 2.07. The van der Waals surface area contributed by atoms with Crippen molar-refractivity contribution in [1.29, 1.82) is 0 Å². The van der Waals surface area contributed by atoms with Crippen molar-refractivity contribution in [3.05, 3.63) is 52.1 Å². The van der Waals surface area contributed by atoms with E-state index in [9.17, 15) is 4.79 Å². The fourth-order valence-corrected chi connectivity index (χ4v) is 2.23. The summed E-state index contributed by atoms with van der Waals surface area (Å²) in [6.07, 6.45) is 1.67. The standard InChI is InChI=1S/C16H18BrN3O2/c1-3-22-15-12(5-4-8-18-15)10-19-16(21)20-13-7-6-11(2)14(17)9-13/h4-9H,3,10H2,1-2H3,(H2,19,20,21). The first kappa shape index (κ1) is 16.3. The van der Waals surface area contributed by atoms with Crippen LogP contribution in [0.25, 0.3) is 0 Å². The molecule has 0 radical (unpaired) electrons. The molecule has 0 saturated heterocycles. The van der Waals surface area contributed by atoms with E-state index in [1.807, 2.05) is 44.2 Å². The molecule has 0 bridgehead atoms. The molecule has 0 spiro atoms. The van der Waals surface area contributed by atoms with Gasteiger partial charge in [-0.15, -0.1) is 0 Å². The molecule has 0 atom stereocenters. The lowest BCUT2D eigenvalue weighted by Gasteiger charge is -2.11. The molecule has 116 valence electrons. The topological polar surface area (TPSA) is 63.2 Å². The number of nitrogens with zero attached hydrogens (tertiary/aromatic N) is 1. The van der Waals surface area contributed by atoms with Gasteiger partial charge in [-0.05, 0) is 37.6 Å². The van der Waals surface area contributed by atoms with Crippen LogP contribution in [0.15, 0.2) is 41.0 Å². The Morgan fingerprint density at radius 1 is 1.36 bits per heavy atom. The predicted octanol–water partition coefficient (Wildman–Crippen LogP) is 3.87. The van der Waals surface area contributed by atoms with Crippen LogP contribution in [-0.2, 0) is 6.54 Å². The van der Waals surface area contributed by atoms with E-state index in [0.29, 0.717) is 19.0 Å². The van der Waals surface area contributed by atoms with Gasteiger partial charge < -0.3 is 15.4 Å². The van der Waals surface area contributed by atoms with Gasteiger partial charge >= 0.3 is 6.03 Å². The van der Waals surface area contributed by atoms with Crippen LogP contribution in [0, 0.1) is 6.92 Å². The number of benzene rings is 1. The van der Waals surface area contributed by atoms with E-state index in [2.05, 4.69) is 31.5 Å². The average molecular weight is 364 g/mol. The number of nitrogens with one attached hydrogen (secondary N) is 2. The van der Waals surface area contributed by atoms with Crippen LogP contribution in [0.3, 0.4) is 0 Å². The Morgan fingerprint density at radius 2 is 2.18 bits per heavy atom. The summed E-state index contributed by atoms with van der Waals surface area (Å²) >= 11 is 3.44. The van der Waals surface area contributed by atoms with Gasteiger partial charge in [0.15, 0.2) is 0 Å². The Labute approximate surface area is 138 Å². The Balaban J connectivity index is 1.94. The van der Waals surface area contributed by atoms with E-state index in [0.717, 1.165) is 21.3 Å². The minimum absolute atomic E-state index is 0.276. The molecule has 1 aromatic carbocycles. The monoisotopic (exact) mass is 363 g/mol. The molecule has 2 amide bonds. The highest BCUT2D eigenvalue weighted by Crippen LogP contribution is 2.20. The highest BCUT2D eigenvalue weighted by atomic mass is 79.9. The third kappa shape index (κ3) is 4.46. The van der Waals surface area contributed by atoms with Crippen LogP contribution in [0.2, 0.25) is 0 Å². The number of amides is 2. The molecule has 2 N–H and O–H groups in total. The average Bonchev–Trinajstić information content (AvgIpc) is 2.50. The third-order valence-corrected chi connectivity index (χ3v) is 3.85. The van der Waals surface area contributed by atoms with Gasteiger partial charge in [0.2, 0.25) is 5.88 Å². The minimum atomic E-state index is -0.276. The van der Waals surface area contributed by atoms with Crippen molar-refractivity contribution in [2.24, 2.45) is 0 Å². The van der Waals surface area contributed by atoms with Crippen molar-refractivity contribution in [3.8, 4) is 5.88 Å². The van der Waals surface area contributed by atoms with Crippen molar-refractivity contribution in [2.75, 3.05) is 11.9 Å². The van der Waals surface area contributed by atoms with E-state index < -0.39 is 0 Å². The first-order valence-electron chi connectivity index (χ1n) is 6.98. The van der Waals surface area contributed by atoms with Crippen molar-refractivity contribution in [2.45, 2.75) is 20.4 Å². The fraction of sp³-hybridized carbons (Fsp3) is 0.250. The summed E-state index contributed by atoms with van der Waals surface area (Å²) in [6, 6.07) is 9.07. The molecule has 5 nitrogen and oxygen atoms in total. The number of aromatic nitrogens is 1. The predicted molar refractivity (Wildman–Crippen MR) is 90.1 cm³/mol. The lowest BCUT2D eigenvalue weighted by molar-refractivity contribution is 0.251. The maximum atomic E-state index is 12.0. The van der Waals surface area contributed by atoms with E-state index in [-0.39, 0.29) is 6.03 Å². The van der Waals surface area contributed by atoms with Crippen molar-refractivity contribution < 1.29 is 9.53 Å². The highest BCUT2D eigenvalue weighted by molar-refractivity contribution is 9.10. The molecule has 1 heterocycles. The summed E-state index contributed by atoms with van der Waals surface area (Å²) in [6.45, 7) is 4.77. The quantitative estimate of drug-likeness (QED) is 0.847. The summed E-state index contributed by atoms with van der Waals surface area (Å²) in [7, 11) is 0. The maximum absolute atomic E-state index is 12.0. The van der Waals surface area contributed by atoms with Crippen LogP contribution >= 0.6 is 15.9 Å². The largest absolute Gasteiger partial charge is 0.478 e. The molecular formula is C16H18BrN3O2. The minimum Gasteiger partial charge on any atom is -0.478 e. The van der Waals surface area contributed by atoms with Crippen LogP contribution in [0.4, 0.5) is 10.5 Å². The second kappa shape index (κ2) is 7.79.